The number of rotatable bonds is 4. The summed E-state index contributed by atoms with van der Waals surface area (Å²) in [7, 11) is 0. The second kappa shape index (κ2) is 7.08. The number of hydrogen-bond donors (Lipinski definition) is 0. The summed E-state index contributed by atoms with van der Waals surface area (Å²) >= 11 is 11.6. The minimum Gasteiger partial charge on any atom is -0.458 e. The second-order valence-corrected chi connectivity index (χ2v) is 4.74. The summed E-state index contributed by atoms with van der Waals surface area (Å²) in [5, 5.41) is 0.984. The van der Waals surface area contributed by atoms with Crippen molar-refractivity contribution in [3.05, 3.63) is 70.0 Å². The molecule has 0 radical (unpaired) electrons. The quantitative estimate of drug-likeness (QED) is 0.484. The van der Waals surface area contributed by atoms with Crippen molar-refractivity contribution in [3.8, 4) is 0 Å². The molecule has 0 unspecified atom stereocenters. The third kappa shape index (κ3) is 4.37. The van der Waals surface area contributed by atoms with Crippen molar-refractivity contribution in [1.29, 1.82) is 0 Å². The Hall–Kier alpha value is -1.84. The van der Waals surface area contributed by atoms with Crippen LogP contribution in [0.25, 0.3) is 6.08 Å². The third-order valence-corrected chi connectivity index (χ3v) is 3.08. The number of pyridine rings is 1. The molecular formula is C15H11Cl2NO2. The van der Waals surface area contributed by atoms with Gasteiger partial charge in [0.15, 0.2) is 0 Å². The molecule has 1 heterocycles. The maximum Gasteiger partial charge on any atom is 0.331 e. The first-order chi connectivity index (χ1) is 9.65. The van der Waals surface area contributed by atoms with E-state index in [0.717, 1.165) is 5.56 Å². The van der Waals surface area contributed by atoms with E-state index in [1.165, 1.54) is 6.08 Å². The van der Waals surface area contributed by atoms with Crippen LogP contribution in [0.1, 0.15) is 11.1 Å². The molecule has 1 aromatic carbocycles. The highest BCUT2D eigenvalue weighted by molar-refractivity contribution is 6.30. The smallest absolute Gasteiger partial charge is 0.331 e. The number of aromatic nitrogens is 1. The standard InChI is InChI=1S/C15H11Cl2NO2/c16-13-6-3-11(4-7-13)5-8-14(19)20-10-12-2-1-9-18-15(12)17/h1-9H,10H2. The Labute approximate surface area is 126 Å². The molecule has 2 rings (SSSR count). The minimum atomic E-state index is -0.445. The van der Waals surface area contributed by atoms with E-state index >= 15 is 0 Å². The minimum absolute atomic E-state index is 0.0937. The predicted octanol–water partition coefficient (Wildman–Crippen LogP) is 4.15. The Morgan fingerprint density at radius 2 is 1.95 bits per heavy atom. The van der Waals surface area contributed by atoms with Crippen molar-refractivity contribution in [2.45, 2.75) is 6.61 Å². The van der Waals surface area contributed by atoms with Gasteiger partial charge in [0.1, 0.15) is 11.8 Å². The van der Waals surface area contributed by atoms with E-state index in [1.54, 1.807) is 36.5 Å². The summed E-state index contributed by atoms with van der Waals surface area (Å²) in [5.41, 5.74) is 1.54. The molecule has 2 aromatic rings. The van der Waals surface area contributed by atoms with Gasteiger partial charge in [0.2, 0.25) is 0 Å². The molecule has 0 aliphatic carbocycles. The fraction of sp³-hybridized carbons (Fsp3) is 0.0667. The van der Waals surface area contributed by atoms with Crippen molar-refractivity contribution < 1.29 is 9.53 Å². The molecule has 0 atom stereocenters. The number of esters is 1. The fourth-order valence-corrected chi connectivity index (χ4v) is 1.76. The summed E-state index contributed by atoms with van der Waals surface area (Å²) in [4.78, 5) is 15.5. The third-order valence-electron chi connectivity index (χ3n) is 2.49. The zero-order valence-corrected chi connectivity index (χ0v) is 11.9. The molecule has 102 valence electrons. The number of carbonyl (C=O) groups excluding carboxylic acids is 1. The van der Waals surface area contributed by atoms with Crippen LogP contribution in [0.2, 0.25) is 10.2 Å². The van der Waals surface area contributed by atoms with Crippen molar-refractivity contribution in [3.63, 3.8) is 0 Å². The van der Waals surface area contributed by atoms with E-state index in [-0.39, 0.29) is 6.61 Å². The molecule has 0 bridgehead atoms. The van der Waals surface area contributed by atoms with E-state index in [4.69, 9.17) is 27.9 Å². The topological polar surface area (TPSA) is 39.2 Å². The lowest BCUT2D eigenvalue weighted by Crippen LogP contribution is -2.01. The average molecular weight is 308 g/mol. The van der Waals surface area contributed by atoms with Crippen LogP contribution >= 0.6 is 23.2 Å². The van der Waals surface area contributed by atoms with Gasteiger partial charge in [-0.15, -0.1) is 0 Å². The van der Waals surface area contributed by atoms with Gasteiger partial charge in [-0.05, 0) is 29.8 Å². The summed E-state index contributed by atoms with van der Waals surface area (Å²) in [6.45, 7) is 0.0937. The fourth-order valence-electron chi connectivity index (χ4n) is 1.46. The number of hydrogen-bond acceptors (Lipinski definition) is 3. The molecule has 0 aliphatic rings. The molecule has 0 fully saturated rings. The van der Waals surface area contributed by atoms with Gasteiger partial charge in [-0.1, -0.05) is 41.4 Å². The summed E-state index contributed by atoms with van der Waals surface area (Å²) in [5.74, 6) is -0.445. The maximum atomic E-state index is 11.6. The van der Waals surface area contributed by atoms with Crippen LogP contribution < -0.4 is 0 Å². The van der Waals surface area contributed by atoms with Gasteiger partial charge in [0, 0.05) is 22.9 Å². The summed E-state index contributed by atoms with van der Waals surface area (Å²) in [6, 6.07) is 10.6. The molecule has 5 heteroatoms. The number of ether oxygens (including phenoxy) is 1. The lowest BCUT2D eigenvalue weighted by atomic mass is 10.2. The number of benzene rings is 1. The van der Waals surface area contributed by atoms with Gasteiger partial charge in [-0.2, -0.15) is 0 Å². The molecule has 3 nitrogen and oxygen atoms in total. The lowest BCUT2D eigenvalue weighted by molar-refractivity contribution is -0.138. The Morgan fingerprint density at radius 1 is 1.20 bits per heavy atom. The van der Waals surface area contributed by atoms with Gasteiger partial charge in [-0.25, -0.2) is 9.78 Å². The molecule has 0 saturated heterocycles. The van der Waals surface area contributed by atoms with E-state index in [1.807, 2.05) is 12.1 Å². The highest BCUT2D eigenvalue weighted by atomic mass is 35.5. The van der Waals surface area contributed by atoms with Crippen LogP contribution in [-0.2, 0) is 16.1 Å². The average Bonchev–Trinajstić information content (AvgIpc) is 2.46. The first-order valence-corrected chi connectivity index (χ1v) is 6.60. The molecule has 0 N–H and O–H groups in total. The van der Waals surface area contributed by atoms with Gasteiger partial charge in [0.25, 0.3) is 0 Å². The Morgan fingerprint density at radius 3 is 2.65 bits per heavy atom. The van der Waals surface area contributed by atoms with Gasteiger partial charge in [0.05, 0.1) is 0 Å². The van der Waals surface area contributed by atoms with Crippen molar-refractivity contribution in [2.75, 3.05) is 0 Å². The summed E-state index contributed by atoms with van der Waals surface area (Å²) < 4.78 is 5.08. The van der Waals surface area contributed by atoms with Gasteiger partial charge >= 0.3 is 5.97 Å². The second-order valence-electron chi connectivity index (χ2n) is 3.95. The van der Waals surface area contributed by atoms with Crippen LogP contribution in [0.4, 0.5) is 0 Å². The van der Waals surface area contributed by atoms with Gasteiger partial charge < -0.3 is 4.74 Å². The molecule has 0 spiro atoms. The van der Waals surface area contributed by atoms with Crippen LogP contribution in [0.5, 0.6) is 0 Å². The highest BCUT2D eigenvalue weighted by Crippen LogP contribution is 2.13. The van der Waals surface area contributed by atoms with Crippen LogP contribution in [0.3, 0.4) is 0 Å². The van der Waals surface area contributed by atoms with Crippen molar-refractivity contribution >= 4 is 35.2 Å². The van der Waals surface area contributed by atoms with Gasteiger partial charge in [-0.3, -0.25) is 0 Å². The van der Waals surface area contributed by atoms with Crippen molar-refractivity contribution in [2.24, 2.45) is 0 Å². The molecular weight excluding hydrogens is 297 g/mol. The van der Waals surface area contributed by atoms with E-state index < -0.39 is 5.97 Å². The number of carbonyl (C=O) groups is 1. The normalized spacial score (nSPS) is 10.7. The van der Waals surface area contributed by atoms with Crippen LogP contribution in [0, 0.1) is 0 Å². The zero-order chi connectivity index (χ0) is 14.4. The first kappa shape index (κ1) is 14.6. The zero-order valence-electron chi connectivity index (χ0n) is 10.4. The molecule has 0 saturated carbocycles. The summed E-state index contributed by atoms with van der Waals surface area (Å²) in [6.07, 6.45) is 4.59. The predicted molar refractivity (Wildman–Crippen MR) is 79.5 cm³/mol. The molecule has 1 aromatic heterocycles. The Bertz CT molecular complexity index is 624. The van der Waals surface area contributed by atoms with Crippen LogP contribution in [0.15, 0.2) is 48.7 Å². The Kier molecular flexibility index (Phi) is 5.16. The molecule has 0 aliphatic heterocycles. The largest absolute Gasteiger partial charge is 0.458 e. The number of nitrogens with zero attached hydrogens (tertiary/aromatic N) is 1. The lowest BCUT2D eigenvalue weighted by Gasteiger charge is -2.03. The molecule has 20 heavy (non-hydrogen) atoms. The number of halogens is 2. The van der Waals surface area contributed by atoms with E-state index in [2.05, 4.69) is 4.98 Å². The SMILES string of the molecule is O=C(C=Cc1ccc(Cl)cc1)OCc1cccnc1Cl. The Balaban J connectivity index is 1.90. The first-order valence-electron chi connectivity index (χ1n) is 5.85. The van der Waals surface area contributed by atoms with E-state index in [0.29, 0.717) is 15.7 Å². The van der Waals surface area contributed by atoms with E-state index in [9.17, 15) is 4.79 Å². The van der Waals surface area contributed by atoms with Crippen molar-refractivity contribution in [1.82, 2.24) is 4.98 Å². The molecule has 0 amide bonds. The highest BCUT2D eigenvalue weighted by Gasteiger charge is 2.03. The maximum absolute atomic E-state index is 11.6. The monoisotopic (exact) mass is 307 g/mol. The van der Waals surface area contributed by atoms with Crippen LogP contribution in [-0.4, -0.2) is 11.0 Å².